The van der Waals surface area contributed by atoms with Crippen molar-refractivity contribution in [2.45, 2.75) is 86.1 Å². The van der Waals surface area contributed by atoms with Crippen LogP contribution in [0.15, 0.2) is 54.1 Å². The van der Waals surface area contributed by atoms with Gasteiger partial charge in [-0.15, -0.1) is 5.98 Å². The maximum atomic E-state index is 2.60. The molecule has 2 heteroatoms. The molecule has 0 saturated heterocycles. The van der Waals surface area contributed by atoms with Gasteiger partial charge in [0.25, 0.3) is 0 Å². The molecule has 0 fully saturated rings. The summed E-state index contributed by atoms with van der Waals surface area (Å²) in [6.07, 6.45) is 8.29. The van der Waals surface area contributed by atoms with E-state index in [0.29, 0.717) is 6.71 Å². The number of hydrogen-bond donors (Lipinski definition) is 0. The van der Waals surface area contributed by atoms with E-state index in [0.717, 1.165) is 12.8 Å². The number of aromatic nitrogens is 1. The quantitative estimate of drug-likeness (QED) is 0.388. The minimum atomic E-state index is 0.0739. The van der Waals surface area contributed by atoms with E-state index >= 15 is 0 Å². The van der Waals surface area contributed by atoms with Crippen LogP contribution < -0.4 is 10.0 Å². The molecule has 4 rings (SSSR count). The van der Waals surface area contributed by atoms with Crippen LogP contribution in [-0.4, -0.2) is 6.71 Å². The highest BCUT2D eigenvalue weighted by molar-refractivity contribution is 6.85. The molecular weight excluding hydrogens is 373 g/mol. The molecule has 1 aromatic heterocycles. The third kappa shape index (κ3) is 3.25. The van der Waals surface area contributed by atoms with E-state index in [9.17, 15) is 0 Å². The van der Waals surface area contributed by atoms with Gasteiger partial charge in [-0.25, -0.2) is 0 Å². The van der Waals surface area contributed by atoms with E-state index in [1.165, 1.54) is 52.7 Å². The number of benzene rings is 1. The van der Waals surface area contributed by atoms with E-state index < -0.39 is 0 Å². The first-order chi connectivity index (χ1) is 14.8. The molecule has 2 aliphatic rings. The fourth-order valence-electron chi connectivity index (χ4n) is 6.35. The number of hydrogen-bond acceptors (Lipinski definition) is 0. The van der Waals surface area contributed by atoms with Crippen molar-refractivity contribution in [2.24, 2.45) is 5.41 Å². The number of rotatable bonds is 6. The molecule has 3 heterocycles. The topological polar surface area (TPSA) is 3.88 Å². The molecule has 31 heavy (non-hydrogen) atoms. The lowest BCUT2D eigenvalue weighted by molar-refractivity contribution is -0.780. The number of unbranched alkanes of at least 4 members (excludes halogenated alkanes) is 1. The van der Waals surface area contributed by atoms with E-state index in [-0.39, 0.29) is 11.0 Å². The van der Waals surface area contributed by atoms with Crippen LogP contribution >= 0.6 is 0 Å². The monoisotopic (exact) mass is 412 g/mol. The molecule has 0 amide bonds. The summed E-state index contributed by atoms with van der Waals surface area (Å²) in [4.78, 5) is 0. The molecule has 1 nitrogen and oxygen atoms in total. The van der Waals surface area contributed by atoms with Gasteiger partial charge in [-0.05, 0) is 57.2 Å². The Bertz CT molecular complexity index is 1040. The van der Waals surface area contributed by atoms with Crippen LogP contribution in [0.2, 0.25) is 0 Å². The summed E-state index contributed by atoms with van der Waals surface area (Å²) in [6, 6.07) is 11.6. The second kappa shape index (κ2) is 8.12. The Kier molecular flexibility index (Phi) is 5.79. The van der Waals surface area contributed by atoms with Crippen LogP contribution in [0.25, 0.3) is 5.57 Å². The zero-order valence-corrected chi connectivity index (χ0v) is 20.7. The molecular formula is C29H39BN+. The molecule has 2 aliphatic heterocycles. The van der Waals surface area contributed by atoms with Crippen LogP contribution in [0.5, 0.6) is 0 Å². The van der Waals surface area contributed by atoms with Crippen molar-refractivity contribution in [3.05, 3.63) is 76.4 Å². The Hall–Kier alpha value is -2.09. The van der Waals surface area contributed by atoms with Gasteiger partial charge < -0.3 is 0 Å². The van der Waals surface area contributed by atoms with E-state index in [2.05, 4.69) is 102 Å². The Labute approximate surface area is 190 Å². The first-order valence-corrected chi connectivity index (χ1v) is 12.4. The fourth-order valence-corrected chi connectivity index (χ4v) is 6.35. The van der Waals surface area contributed by atoms with Gasteiger partial charge in [0.05, 0.1) is 5.41 Å². The Morgan fingerprint density at radius 2 is 1.65 bits per heavy atom. The normalized spacial score (nSPS) is 24.5. The Morgan fingerprint density at radius 1 is 0.935 bits per heavy atom. The summed E-state index contributed by atoms with van der Waals surface area (Å²) in [5.74, 6) is 5.15. The van der Waals surface area contributed by atoms with Gasteiger partial charge >= 0.3 is 0 Å². The average molecular weight is 412 g/mol. The number of allylic oxidation sites excluding steroid dienone is 2. The fraction of sp³-hybridized carbons (Fsp3) is 0.483. The van der Waals surface area contributed by atoms with Gasteiger partial charge in [0.2, 0.25) is 12.4 Å². The standard InChI is InChI=1S/C29H39BN/c1-8-11-14-23-17-21(4)27(22(5)18-23)30-19-24-25(20-30)28(6,9-2)29(7,10-3)31-16-13-12-15-26(24)31/h12-13,15-20H,8-11,14H2,1-7H3/q+1. The number of aryl methyl sites for hydroxylation is 3. The van der Waals surface area contributed by atoms with E-state index in [1.807, 2.05) is 0 Å². The molecule has 2 unspecified atom stereocenters. The molecule has 0 N–H and O–H groups in total. The maximum Gasteiger partial charge on any atom is 0.228 e. The molecule has 162 valence electrons. The van der Waals surface area contributed by atoms with Crippen LogP contribution in [-0.2, 0) is 12.0 Å². The lowest BCUT2D eigenvalue weighted by Crippen LogP contribution is -2.67. The highest BCUT2D eigenvalue weighted by Gasteiger charge is 2.58. The average Bonchev–Trinajstić information content (AvgIpc) is 3.21. The SMILES string of the molecule is CCCCc1cc(C)c(B2C=C3C(=C2)C(C)(CC)C(C)(CC)[n+]2ccccc23)c(C)c1. The third-order valence-corrected chi connectivity index (χ3v) is 8.63. The first kappa shape index (κ1) is 22.1. The zero-order chi connectivity index (χ0) is 22.4. The van der Waals surface area contributed by atoms with Crippen LogP contribution in [0.1, 0.15) is 82.7 Å². The summed E-state index contributed by atoms with van der Waals surface area (Å²) in [6.45, 7) is 16.9. The molecule has 2 aromatic rings. The summed E-state index contributed by atoms with van der Waals surface area (Å²) in [7, 11) is 0. The molecule has 2 atom stereocenters. The Morgan fingerprint density at radius 3 is 2.26 bits per heavy atom. The summed E-state index contributed by atoms with van der Waals surface area (Å²) in [5, 5.41) is 0. The minimum Gasteiger partial charge on any atom is -0.192 e. The summed E-state index contributed by atoms with van der Waals surface area (Å²) < 4.78 is 2.57. The summed E-state index contributed by atoms with van der Waals surface area (Å²) >= 11 is 0. The van der Waals surface area contributed by atoms with Gasteiger partial charge in [0, 0.05) is 31.1 Å². The summed E-state index contributed by atoms with van der Waals surface area (Å²) in [5.41, 5.74) is 10.5. The van der Waals surface area contributed by atoms with Crippen LogP contribution in [0, 0.1) is 19.3 Å². The molecule has 0 saturated carbocycles. The lowest BCUT2D eigenvalue weighted by Gasteiger charge is -2.47. The molecule has 1 aromatic carbocycles. The van der Waals surface area contributed by atoms with Gasteiger partial charge in [-0.2, -0.15) is 4.57 Å². The van der Waals surface area contributed by atoms with Crippen molar-refractivity contribution in [1.29, 1.82) is 0 Å². The van der Waals surface area contributed by atoms with Crippen LogP contribution in [0.4, 0.5) is 0 Å². The zero-order valence-electron chi connectivity index (χ0n) is 20.7. The lowest BCUT2D eigenvalue weighted by atomic mass is 9.44. The third-order valence-electron chi connectivity index (χ3n) is 8.63. The highest BCUT2D eigenvalue weighted by Crippen LogP contribution is 2.54. The minimum absolute atomic E-state index is 0.0739. The molecule has 0 spiro atoms. The van der Waals surface area contributed by atoms with Crippen molar-refractivity contribution in [1.82, 2.24) is 0 Å². The van der Waals surface area contributed by atoms with Gasteiger partial charge in [-0.3, -0.25) is 0 Å². The maximum absolute atomic E-state index is 2.60. The smallest absolute Gasteiger partial charge is 0.192 e. The van der Waals surface area contributed by atoms with Gasteiger partial charge in [0.1, 0.15) is 0 Å². The van der Waals surface area contributed by atoms with Crippen molar-refractivity contribution in [3.63, 3.8) is 0 Å². The number of nitrogens with zero attached hydrogens (tertiary/aromatic N) is 1. The molecule has 0 radical (unpaired) electrons. The Balaban J connectivity index is 1.87. The number of pyridine rings is 1. The van der Waals surface area contributed by atoms with Crippen molar-refractivity contribution < 1.29 is 4.57 Å². The largest absolute Gasteiger partial charge is 0.228 e. The first-order valence-electron chi connectivity index (χ1n) is 12.4. The molecule has 0 aliphatic carbocycles. The van der Waals surface area contributed by atoms with E-state index in [1.54, 1.807) is 5.57 Å². The number of fused-ring (bicyclic) bond motifs is 3. The second-order valence-electron chi connectivity index (χ2n) is 10.2. The predicted octanol–water partition coefficient (Wildman–Crippen LogP) is 6.29. The van der Waals surface area contributed by atoms with E-state index in [4.69, 9.17) is 0 Å². The predicted molar refractivity (Wildman–Crippen MR) is 135 cm³/mol. The highest BCUT2D eigenvalue weighted by atomic mass is 15.1. The van der Waals surface area contributed by atoms with Crippen molar-refractivity contribution in [3.8, 4) is 0 Å². The van der Waals surface area contributed by atoms with Gasteiger partial charge in [-0.1, -0.05) is 61.9 Å². The van der Waals surface area contributed by atoms with Crippen molar-refractivity contribution in [2.75, 3.05) is 0 Å². The second-order valence-corrected chi connectivity index (χ2v) is 10.2. The molecule has 0 bridgehead atoms. The van der Waals surface area contributed by atoms with Crippen molar-refractivity contribution >= 4 is 17.7 Å². The van der Waals surface area contributed by atoms with Gasteiger partial charge in [0.15, 0.2) is 11.7 Å². The van der Waals surface area contributed by atoms with Crippen LogP contribution in [0.3, 0.4) is 0 Å².